The Balaban J connectivity index is 4.28. The molecule has 0 spiro atoms. The molecule has 0 aromatic carbocycles. The molecule has 1 unspecified atom stereocenters. The zero-order valence-corrected chi connectivity index (χ0v) is 40.2. The van der Waals surface area contributed by atoms with Crippen LogP contribution >= 0.6 is 0 Å². The second-order valence-corrected chi connectivity index (χ2v) is 17.8. The number of allylic oxidation sites excluding steroid dienone is 4. The fraction of sp³-hybridized carbons (Fsp3) is 0.870. The quantitative estimate of drug-likeness (QED) is 0.0263. The molecule has 0 aliphatic carbocycles. The van der Waals surface area contributed by atoms with Gasteiger partial charge in [0.15, 0.2) is 6.10 Å². The zero-order valence-electron chi connectivity index (χ0n) is 40.2. The lowest BCUT2D eigenvalue weighted by atomic mass is 10.0. The Morgan fingerprint density at radius 3 is 0.933 bits per heavy atom. The molecule has 0 N–H and O–H groups in total. The van der Waals surface area contributed by atoms with E-state index in [0.29, 0.717) is 19.3 Å². The molecule has 0 heterocycles. The summed E-state index contributed by atoms with van der Waals surface area (Å²) in [6, 6.07) is 0. The van der Waals surface area contributed by atoms with E-state index in [9.17, 15) is 14.4 Å². The number of esters is 3. The second kappa shape index (κ2) is 49.5. The van der Waals surface area contributed by atoms with Crippen molar-refractivity contribution >= 4 is 17.9 Å². The molecule has 60 heavy (non-hydrogen) atoms. The van der Waals surface area contributed by atoms with E-state index >= 15 is 0 Å². The summed E-state index contributed by atoms with van der Waals surface area (Å²) in [4.78, 5) is 37.9. The van der Waals surface area contributed by atoms with Gasteiger partial charge < -0.3 is 14.2 Å². The summed E-state index contributed by atoms with van der Waals surface area (Å²) in [6.07, 6.45) is 55.9. The topological polar surface area (TPSA) is 78.9 Å². The van der Waals surface area contributed by atoms with Crippen LogP contribution in [-0.4, -0.2) is 37.2 Å². The first-order chi connectivity index (χ1) is 29.5. The van der Waals surface area contributed by atoms with E-state index in [0.717, 1.165) is 70.6 Å². The highest BCUT2D eigenvalue weighted by Gasteiger charge is 2.19. The standard InChI is InChI=1S/C54H100O6/c1-4-7-10-13-16-19-21-23-25-26-27-29-30-32-35-38-41-44-47-53(56)59-50-51(49-58-52(55)46-43-40-37-34-18-15-12-9-6-3)60-54(57)48-45-42-39-36-33-31-28-24-22-20-17-14-11-8-5-2/h19,21,25-26,51H,4-18,20,22-24,27-50H2,1-3H3/b21-19-,26-25-. The number of carbonyl (C=O) groups is 3. The number of rotatable bonds is 48. The van der Waals surface area contributed by atoms with Gasteiger partial charge in [-0.25, -0.2) is 0 Å². The average molecular weight is 845 g/mol. The molecular weight excluding hydrogens is 745 g/mol. The Labute approximate surface area is 373 Å². The van der Waals surface area contributed by atoms with Gasteiger partial charge in [0.1, 0.15) is 13.2 Å². The predicted octanol–water partition coefficient (Wildman–Crippen LogP) is 17.2. The van der Waals surface area contributed by atoms with Crippen molar-refractivity contribution in [2.75, 3.05) is 13.2 Å². The lowest BCUT2D eigenvalue weighted by molar-refractivity contribution is -0.167. The zero-order chi connectivity index (χ0) is 43.7. The molecule has 0 aliphatic heterocycles. The Hall–Kier alpha value is -2.11. The van der Waals surface area contributed by atoms with E-state index in [-0.39, 0.29) is 31.1 Å². The molecule has 0 bridgehead atoms. The van der Waals surface area contributed by atoms with E-state index in [1.165, 1.54) is 173 Å². The SMILES string of the molecule is CCCCCC/C=C\C/C=C\CCCCCCCCCC(=O)OCC(COC(=O)CCCCCCCCCCC)OC(=O)CCCCCCCCCCCCCCCCC. The van der Waals surface area contributed by atoms with Crippen LogP contribution in [0.2, 0.25) is 0 Å². The van der Waals surface area contributed by atoms with E-state index < -0.39 is 6.10 Å². The van der Waals surface area contributed by atoms with Gasteiger partial charge >= 0.3 is 17.9 Å². The normalized spacial score (nSPS) is 12.1. The van der Waals surface area contributed by atoms with Gasteiger partial charge in [-0.05, 0) is 51.4 Å². The van der Waals surface area contributed by atoms with Crippen molar-refractivity contribution in [2.24, 2.45) is 0 Å². The molecule has 0 aliphatic rings. The molecule has 1 atom stereocenters. The van der Waals surface area contributed by atoms with Crippen LogP contribution in [0.25, 0.3) is 0 Å². The minimum Gasteiger partial charge on any atom is -0.462 e. The first-order valence-corrected chi connectivity index (χ1v) is 26.3. The molecule has 6 heteroatoms. The lowest BCUT2D eigenvalue weighted by Crippen LogP contribution is -2.30. The monoisotopic (exact) mass is 845 g/mol. The maximum Gasteiger partial charge on any atom is 0.306 e. The van der Waals surface area contributed by atoms with Gasteiger partial charge in [-0.15, -0.1) is 0 Å². The molecule has 0 amide bonds. The minimum atomic E-state index is -0.767. The summed E-state index contributed by atoms with van der Waals surface area (Å²) in [5, 5.41) is 0. The maximum atomic E-state index is 12.8. The van der Waals surface area contributed by atoms with Gasteiger partial charge in [0.2, 0.25) is 0 Å². The van der Waals surface area contributed by atoms with E-state index in [1.807, 2.05) is 0 Å². The van der Waals surface area contributed by atoms with Crippen LogP contribution in [0.5, 0.6) is 0 Å². The van der Waals surface area contributed by atoms with Gasteiger partial charge in [0.05, 0.1) is 0 Å². The van der Waals surface area contributed by atoms with Crippen LogP contribution in [0.3, 0.4) is 0 Å². The first-order valence-electron chi connectivity index (χ1n) is 26.3. The highest BCUT2D eigenvalue weighted by atomic mass is 16.6. The molecule has 0 rings (SSSR count). The summed E-state index contributed by atoms with van der Waals surface area (Å²) in [5.74, 6) is -0.865. The fourth-order valence-corrected chi connectivity index (χ4v) is 7.71. The van der Waals surface area contributed by atoms with Crippen molar-refractivity contribution < 1.29 is 28.6 Å². The van der Waals surface area contributed by atoms with Gasteiger partial charge in [-0.1, -0.05) is 238 Å². The average Bonchev–Trinajstić information content (AvgIpc) is 3.24. The Kier molecular flexibility index (Phi) is 47.8. The number of hydrogen-bond acceptors (Lipinski definition) is 6. The van der Waals surface area contributed by atoms with Gasteiger partial charge in [-0.2, -0.15) is 0 Å². The van der Waals surface area contributed by atoms with Crippen molar-refractivity contribution in [1.29, 1.82) is 0 Å². The second-order valence-electron chi connectivity index (χ2n) is 17.8. The molecule has 352 valence electrons. The van der Waals surface area contributed by atoms with Crippen molar-refractivity contribution in [1.82, 2.24) is 0 Å². The van der Waals surface area contributed by atoms with E-state index in [1.54, 1.807) is 0 Å². The molecule has 6 nitrogen and oxygen atoms in total. The molecule has 0 saturated heterocycles. The van der Waals surface area contributed by atoms with Crippen molar-refractivity contribution in [2.45, 2.75) is 290 Å². The van der Waals surface area contributed by atoms with Crippen LogP contribution in [0.4, 0.5) is 0 Å². The maximum absolute atomic E-state index is 12.8. The Morgan fingerprint density at radius 2 is 0.600 bits per heavy atom. The third-order valence-corrected chi connectivity index (χ3v) is 11.7. The molecule has 0 saturated carbocycles. The predicted molar refractivity (Wildman–Crippen MR) is 256 cm³/mol. The smallest absolute Gasteiger partial charge is 0.306 e. The van der Waals surface area contributed by atoms with Gasteiger partial charge in [0, 0.05) is 19.3 Å². The summed E-state index contributed by atoms with van der Waals surface area (Å²) >= 11 is 0. The Bertz CT molecular complexity index is 973. The molecular formula is C54H100O6. The third kappa shape index (κ3) is 46.9. The summed E-state index contributed by atoms with van der Waals surface area (Å²) in [5.41, 5.74) is 0. The van der Waals surface area contributed by atoms with Crippen molar-refractivity contribution in [3.8, 4) is 0 Å². The molecule has 0 fully saturated rings. The van der Waals surface area contributed by atoms with Crippen LogP contribution < -0.4 is 0 Å². The molecule has 0 aromatic rings. The number of unbranched alkanes of at least 4 members (excludes halogenated alkanes) is 33. The molecule has 0 radical (unpaired) electrons. The third-order valence-electron chi connectivity index (χ3n) is 11.7. The van der Waals surface area contributed by atoms with Crippen LogP contribution in [0, 0.1) is 0 Å². The van der Waals surface area contributed by atoms with Gasteiger partial charge in [0.25, 0.3) is 0 Å². The summed E-state index contributed by atoms with van der Waals surface area (Å²) in [6.45, 7) is 6.63. The number of hydrogen-bond donors (Lipinski definition) is 0. The highest BCUT2D eigenvalue weighted by Crippen LogP contribution is 2.16. The van der Waals surface area contributed by atoms with Gasteiger partial charge in [-0.3, -0.25) is 14.4 Å². The van der Waals surface area contributed by atoms with E-state index in [2.05, 4.69) is 45.1 Å². The first kappa shape index (κ1) is 57.9. The summed E-state index contributed by atoms with van der Waals surface area (Å²) in [7, 11) is 0. The van der Waals surface area contributed by atoms with Crippen molar-refractivity contribution in [3.05, 3.63) is 24.3 Å². The van der Waals surface area contributed by atoms with Crippen LogP contribution in [-0.2, 0) is 28.6 Å². The number of ether oxygens (including phenoxy) is 3. The number of carbonyl (C=O) groups excluding carboxylic acids is 3. The van der Waals surface area contributed by atoms with E-state index in [4.69, 9.17) is 14.2 Å². The largest absolute Gasteiger partial charge is 0.462 e. The van der Waals surface area contributed by atoms with Crippen LogP contribution in [0.1, 0.15) is 284 Å². The minimum absolute atomic E-state index is 0.0693. The van der Waals surface area contributed by atoms with Crippen LogP contribution in [0.15, 0.2) is 24.3 Å². The molecule has 0 aromatic heterocycles. The Morgan fingerprint density at radius 1 is 0.333 bits per heavy atom. The summed E-state index contributed by atoms with van der Waals surface area (Å²) < 4.78 is 16.8. The van der Waals surface area contributed by atoms with Crippen molar-refractivity contribution in [3.63, 3.8) is 0 Å². The fourth-order valence-electron chi connectivity index (χ4n) is 7.71. The highest BCUT2D eigenvalue weighted by molar-refractivity contribution is 5.71. The lowest BCUT2D eigenvalue weighted by Gasteiger charge is -2.18.